The summed E-state index contributed by atoms with van der Waals surface area (Å²) in [6.07, 6.45) is 0.407. The molecule has 0 radical (unpaired) electrons. The fourth-order valence-corrected chi connectivity index (χ4v) is 1.32. The Morgan fingerprint density at radius 2 is 1.82 bits per heavy atom. The van der Waals surface area contributed by atoms with Crippen molar-refractivity contribution in [2.45, 2.75) is 6.42 Å². The van der Waals surface area contributed by atoms with Gasteiger partial charge in [-0.3, -0.25) is 4.79 Å². The summed E-state index contributed by atoms with van der Waals surface area (Å²) < 4.78 is 25.6. The molecule has 0 bridgehead atoms. The minimum atomic E-state index is -0.600. The van der Waals surface area contributed by atoms with Crippen LogP contribution in [0, 0.1) is 11.6 Å². The summed E-state index contributed by atoms with van der Waals surface area (Å²) in [7, 11) is 1.67. The van der Waals surface area contributed by atoms with Gasteiger partial charge in [-0.05, 0) is 31.2 Å². The van der Waals surface area contributed by atoms with Crippen molar-refractivity contribution in [1.82, 2.24) is 10.6 Å². The Morgan fingerprint density at radius 1 is 1.24 bits per heavy atom. The number of benzene rings is 1. The summed E-state index contributed by atoms with van der Waals surface area (Å²) in [6.45, 7) is 0.598. The lowest BCUT2D eigenvalue weighted by Gasteiger charge is -2.05. The van der Waals surface area contributed by atoms with Crippen molar-refractivity contribution in [3.05, 3.63) is 35.4 Å². The zero-order valence-electron chi connectivity index (χ0n) is 9.43. The zero-order valence-corrected chi connectivity index (χ0v) is 10.2. The Kier molecular flexibility index (Phi) is 7.41. The summed E-state index contributed by atoms with van der Waals surface area (Å²) in [4.78, 5) is 11.0. The first-order valence-electron chi connectivity index (χ1n) is 4.98. The molecule has 0 heterocycles. The first-order chi connectivity index (χ1) is 7.61. The highest BCUT2D eigenvalue weighted by Gasteiger charge is 2.02. The van der Waals surface area contributed by atoms with E-state index in [4.69, 9.17) is 0 Å². The second kappa shape index (κ2) is 7.97. The molecule has 96 valence electrons. The van der Waals surface area contributed by atoms with Crippen LogP contribution >= 0.6 is 12.4 Å². The molecule has 0 spiro atoms. The zero-order chi connectivity index (χ0) is 12.0. The van der Waals surface area contributed by atoms with Crippen LogP contribution in [0.1, 0.15) is 5.56 Å². The van der Waals surface area contributed by atoms with Crippen LogP contribution in [0.15, 0.2) is 18.2 Å². The maximum atomic E-state index is 12.8. The molecule has 3 nitrogen and oxygen atoms in total. The molecule has 1 rings (SSSR count). The average molecular weight is 265 g/mol. The second-order valence-corrected chi connectivity index (χ2v) is 3.41. The Balaban J connectivity index is 0.00000256. The minimum absolute atomic E-state index is 0. The van der Waals surface area contributed by atoms with Gasteiger partial charge in [-0.1, -0.05) is 0 Å². The summed E-state index contributed by atoms with van der Waals surface area (Å²) in [5.74, 6) is -1.34. The van der Waals surface area contributed by atoms with Crippen LogP contribution in [-0.2, 0) is 11.2 Å². The molecule has 17 heavy (non-hydrogen) atoms. The van der Waals surface area contributed by atoms with Gasteiger partial charge in [-0.15, -0.1) is 12.4 Å². The molecule has 1 aromatic carbocycles. The number of carbonyl (C=O) groups is 1. The molecule has 0 fully saturated rings. The molecule has 6 heteroatoms. The van der Waals surface area contributed by atoms with Crippen LogP contribution in [0.25, 0.3) is 0 Å². The standard InChI is InChI=1S/C11H14F2N2O.ClH/c1-14-7-11(16)15-3-2-8-4-9(12)6-10(13)5-8;/h4-6,14H,2-3,7H2,1H3,(H,15,16);1H. The third kappa shape index (κ3) is 6.19. The van der Waals surface area contributed by atoms with Gasteiger partial charge in [0.1, 0.15) is 11.6 Å². The van der Waals surface area contributed by atoms with Crippen molar-refractivity contribution in [1.29, 1.82) is 0 Å². The molecule has 1 aromatic rings. The van der Waals surface area contributed by atoms with Gasteiger partial charge in [0.2, 0.25) is 5.91 Å². The fourth-order valence-electron chi connectivity index (χ4n) is 1.32. The topological polar surface area (TPSA) is 41.1 Å². The summed E-state index contributed by atoms with van der Waals surface area (Å²) in [6, 6.07) is 3.34. The van der Waals surface area contributed by atoms with Gasteiger partial charge in [0, 0.05) is 12.6 Å². The van der Waals surface area contributed by atoms with E-state index in [0.717, 1.165) is 6.07 Å². The predicted octanol–water partition coefficient (Wildman–Crippen LogP) is 1.26. The Bertz CT molecular complexity index is 354. The number of rotatable bonds is 5. The van der Waals surface area contributed by atoms with Crippen LogP contribution in [0.4, 0.5) is 8.78 Å². The van der Waals surface area contributed by atoms with Gasteiger partial charge in [0.05, 0.1) is 6.54 Å². The Labute approximate surface area is 105 Å². The third-order valence-corrected chi connectivity index (χ3v) is 2.00. The SMILES string of the molecule is CNCC(=O)NCCc1cc(F)cc(F)c1.Cl. The molecule has 0 aliphatic heterocycles. The van der Waals surface area contributed by atoms with E-state index in [-0.39, 0.29) is 24.9 Å². The quantitative estimate of drug-likeness (QED) is 0.841. The normalized spacial score (nSPS) is 9.59. The number of halogens is 3. The molecule has 0 aliphatic rings. The van der Waals surface area contributed by atoms with Crippen molar-refractivity contribution >= 4 is 18.3 Å². The summed E-state index contributed by atoms with van der Waals surface area (Å²) >= 11 is 0. The molecular formula is C11H15ClF2N2O. The fraction of sp³-hybridized carbons (Fsp3) is 0.364. The highest BCUT2D eigenvalue weighted by atomic mass is 35.5. The van der Waals surface area contributed by atoms with E-state index < -0.39 is 11.6 Å². The van der Waals surface area contributed by atoms with Gasteiger partial charge < -0.3 is 10.6 Å². The lowest BCUT2D eigenvalue weighted by Crippen LogP contribution is -2.33. The van der Waals surface area contributed by atoms with E-state index in [2.05, 4.69) is 10.6 Å². The van der Waals surface area contributed by atoms with Gasteiger partial charge in [-0.2, -0.15) is 0 Å². The van der Waals surface area contributed by atoms with E-state index in [1.807, 2.05) is 0 Å². The highest BCUT2D eigenvalue weighted by molar-refractivity contribution is 5.85. The van der Waals surface area contributed by atoms with Crippen molar-refractivity contribution in [2.24, 2.45) is 0 Å². The molecule has 0 saturated heterocycles. The van der Waals surface area contributed by atoms with Gasteiger partial charge in [0.15, 0.2) is 0 Å². The number of hydrogen-bond donors (Lipinski definition) is 2. The smallest absolute Gasteiger partial charge is 0.233 e. The molecule has 2 N–H and O–H groups in total. The van der Waals surface area contributed by atoms with Gasteiger partial charge in [-0.25, -0.2) is 8.78 Å². The average Bonchev–Trinajstić information content (AvgIpc) is 2.16. The first kappa shape index (κ1) is 15.8. The second-order valence-electron chi connectivity index (χ2n) is 3.41. The highest BCUT2D eigenvalue weighted by Crippen LogP contribution is 2.07. The lowest BCUT2D eigenvalue weighted by molar-refractivity contribution is -0.120. The number of carbonyl (C=O) groups excluding carboxylic acids is 1. The van der Waals surface area contributed by atoms with Crippen molar-refractivity contribution in [3.8, 4) is 0 Å². The van der Waals surface area contributed by atoms with E-state index in [9.17, 15) is 13.6 Å². The molecule has 0 aromatic heterocycles. The van der Waals surface area contributed by atoms with Crippen molar-refractivity contribution in [2.75, 3.05) is 20.1 Å². The first-order valence-corrected chi connectivity index (χ1v) is 4.98. The molecule has 0 saturated carbocycles. The summed E-state index contributed by atoms with van der Waals surface area (Å²) in [5.41, 5.74) is 0.530. The number of hydrogen-bond acceptors (Lipinski definition) is 2. The van der Waals surface area contributed by atoms with E-state index in [0.29, 0.717) is 18.5 Å². The van der Waals surface area contributed by atoms with Gasteiger partial charge >= 0.3 is 0 Å². The third-order valence-electron chi connectivity index (χ3n) is 2.00. The molecular weight excluding hydrogens is 250 g/mol. The van der Waals surface area contributed by atoms with E-state index in [1.54, 1.807) is 7.05 Å². The Morgan fingerprint density at radius 3 is 2.35 bits per heavy atom. The largest absolute Gasteiger partial charge is 0.355 e. The number of nitrogens with one attached hydrogen (secondary N) is 2. The van der Waals surface area contributed by atoms with Crippen LogP contribution in [0.3, 0.4) is 0 Å². The van der Waals surface area contributed by atoms with Crippen molar-refractivity contribution in [3.63, 3.8) is 0 Å². The molecule has 0 unspecified atom stereocenters. The summed E-state index contributed by atoms with van der Waals surface area (Å²) in [5, 5.41) is 5.33. The van der Waals surface area contributed by atoms with E-state index in [1.165, 1.54) is 12.1 Å². The van der Waals surface area contributed by atoms with Crippen LogP contribution in [0.2, 0.25) is 0 Å². The maximum absolute atomic E-state index is 12.8. The monoisotopic (exact) mass is 264 g/mol. The Hall–Kier alpha value is -1.20. The van der Waals surface area contributed by atoms with E-state index >= 15 is 0 Å². The molecule has 0 aliphatic carbocycles. The number of likely N-dealkylation sites (N-methyl/N-ethyl adjacent to an activating group) is 1. The van der Waals surface area contributed by atoms with Gasteiger partial charge in [0.25, 0.3) is 0 Å². The molecule has 0 atom stereocenters. The maximum Gasteiger partial charge on any atom is 0.233 e. The van der Waals surface area contributed by atoms with Crippen LogP contribution in [0.5, 0.6) is 0 Å². The van der Waals surface area contributed by atoms with Crippen LogP contribution < -0.4 is 10.6 Å². The lowest BCUT2D eigenvalue weighted by atomic mass is 10.1. The minimum Gasteiger partial charge on any atom is -0.355 e. The molecule has 1 amide bonds. The predicted molar refractivity (Wildman–Crippen MR) is 64.2 cm³/mol. The van der Waals surface area contributed by atoms with Crippen LogP contribution in [-0.4, -0.2) is 26.0 Å². The number of amides is 1. The van der Waals surface area contributed by atoms with Crippen molar-refractivity contribution < 1.29 is 13.6 Å².